The molecule has 0 spiro atoms. The zero-order valence-electron chi connectivity index (χ0n) is 15.4. The van der Waals surface area contributed by atoms with Gasteiger partial charge in [0.25, 0.3) is 0 Å². The Bertz CT molecular complexity index is 902. The summed E-state index contributed by atoms with van der Waals surface area (Å²) < 4.78 is 11.4. The summed E-state index contributed by atoms with van der Waals surface area (Å²) in [6.07, 6.45) is 2.68. The van der Waals surface area contributed by atoms with Crippen LogP contribution < -0.4 is 14.9 Å². The first-order chi connectivity index (χ1) is 12.7. The fourth-order valence-corrected chi connectivity index (χ4v) is 2.55. The minimum Gasteiger partial charge on any atom is -0.490 e. The van der Waals surface area contributed by atoms with E-state index >= 15 is 0 Å². The van der Waals surface area contributed by atoms with Crippen LogP contribution in [-0.2, 0) is 0 Å². The van der Waals surface area contributed by atoms with Crippen molar-refractivity contribution in [1.29, 1.82) is 0 Å². The zero-order chi connectivity index (χ0) is 18.4. The predicted octanol–water partition coefficient (Wildman–Crippen LogP) is 4.50. The third-order valence-electron chi connectivity index (χ3n) is 3.75. The van der Waals surface area contributed by atoms with Crippen molar-refractivity contribution in [2.24, 2.45) is 5.10 Å². The molecular formula is C20H24N4O2. The van der Waals surface area contributed by atoms with Gasteiger partial charge in [-0.25, -0.2) is 10.4 Å². The van der Waals surface area contributed by atoms with Crippen molar-refractivity contribution in [2.75, 3.05) is 18.6 Å². The van der Waals surface area contributed by atoms with E-state index in [1.807, 2.05) is 37.3 Å². The van der Waals surface area contributed by atoms with Gasteiger partial charge in [0, 0.05) is 0 Å². The van der Waals surface area contributed by atoms with Crippen molar-refractivity contribution < 1.29 is 9.47 Å². The highest BCUT2D eigenvalue weighted by Gasteiger charge is 2.06. The topological polar surface area (TPSA) is 71.5 Å². The molecule has 0 saturated heterocycles. The number of anilines is 1. The Hall–Kier alpha value is -3.02. The molecule has 0 radical (unpaired) electrons. The first-order valence-corrected chi connectivity index (χ1v) is 8.84. The first-order valence-electron chi connectivity index (χ1n) is 8.84. The van der Waals surface area contributed by atoms with Crippen molar-refractivity contribution in [2.45, 2.75) is 27.2 Å². The van der Waals surface area contributed by atoms with Crippen molar-refractivity contribution >= 4 is 23.2 Å². The number of imidazole rings is 1. The fraction of sp³-hybridized carbons (Fsp3) is 0.300. The van der Waals surface area contributed by atoms with Crippen LogP contribution in [0.2, 0.25) is 0 Å². The van der Waals surface area contributed by atoms with Gasteiger partial charge in [-0.05, 0) is 61.7 Å². The average Bonchev–Trinajstić information content (AvgIpc) is 3.03. The molecule has 3 rings (SSSR count). The molecule has 0 aliphatic carbocycles. The third kappa shape index (κ3) is 4.33. The maximum Gasteiger partial charge on any atom is 0.222 e. The number of rotatable bonds is 8. The molecule has 6 nitrogen and oxygen atoms in total. The van der Waals surface area contributed by atoms with Crippen molar-refractivity contribution in [3.05, 3.63) is 47.5 Å². The normalized spacial score (nSPS) is 11.2. The number of ether oxygens (including phenoxy) is 2. The van der Waals surface area contributed by atoms with Crippen LogP contribution in [0.1, 0.15) is 31.4 Å². The van der Waals surface area contributed by atoms with Crippen LogP contribution in [0.15, 0.2) is 41.5 Å². The molecule has 0 bridgehead atoms. The number of hydrogen-bond acceptors (Lipinski definition) is 5. The number of hydrazone groups is 1. The largest absolute Gasteiger partial charge is 0.490 e. The Labute approximate surface area is 153 Å². The number of nitrogens with zero attached hydrogens (tertiary/aromatic N) is 2. The van der Waals surface area contributed by atoms with Gasteiger partial charge < -0.3 is 14.5 Å². The second-order valence-corrected chi connectivity index (χ2v) is 5.96. The minimum atomic E-state index is 0.583. The second kappa shape index (κ2) is 8.38. The van der Waals surface area contributed by atoms with Gasteiger partial charge in [0.05, 0.1) is 30.5 Å². The Morgan fingerprint density at radius 1 is 1.12 bits per heavy atom. The molecule has 2 aromatic carbocycles. The number of hydrogen-bond donors (Lipinski definition) is 2. The van der Waals surface area contributed by atoms with Crippen molar-refractivity contribution in [3.8, 4) is 11.5 Å². The molecule has 0 saturated carbocycles. The van der Waals surface area contributed by atoms with Gasteiger partial charge in [-0.3, -0.25) is 0 Å². The summed E-state index contributed by atoms with van der Waals surface area (Å²) in [5.41, 5.74) is 6.92. The lowest BCUT2D eigenvalue weighted by atomic mass is 10.2. The summed E-state index contributed by atoms with van der Waals surface area (Å²) in [5.74, 6) is 2.09. The van der Waals surface area contributed by atoms with Crippen LogP contribution in [-0.4, -0.2) is 29.4 Å². The monoisotopic (exact) mass is 352 g/mol. The highest BCUT2D eigenvalue weighted by atomic mass is 16.5. The molecule has 1 aromatic heterocycles. The van der Waals surface area contributed by atoms with E-state index in [1.54, 1.807) is 6.21 Å². The minimum absolute atomic E-state index is 0.583. The van der Waals surface area contributed by atoms with Gasteiger partial charge in [-0.1, -0.05) is 13.0 Å². The van der Waals surface area contributed by atoms with Crippen LogP contribution in [0.3, 0.4) is 0 Å². The maximum absolute atomic E-state index is 5.71. The quantitative estimate of drug-likeness (QED) is 0.462. The van der Waals surface area contributed by atoms with Crippen molar-refractivity contribution in [1.82, 2.24) is 9.97 Å². The standard InChI is InChI=1S/C20H24N4O2/c1-4-10-26-18-9-7-15(12-19(18)25-5-2)13-21-24-20-22-16-8-6-14(3)11-17(16)23-20/h6-9,11-13H,4-5,10H2,1-3H3,(H2,22,23,24)/b21-13-. The van der Waals surface area contributed by atoms with E-state index in [9.17, 15) is 0 Å². The molecule has 0 aliphatic rings. The van der Waals surface area contributed by atoms with Crippen LogP contribution in [0.25, 0.3) is 11.0 Å². The molecule has 0 fully saturated rings. The van der Waals surface area contributed by atoms with Crippen LogP contribution in [0.4, 0.5) is 5.95 Å². The Kier molecular flexibility index (Phi) is 5.73. The molecule has 0 amide bonds. The summed E-state index contributed by atoms with van der Waals surface area (Å²) >= 11 is 0. The maximum atomic E-state index is 5.71. The van der Waals surface area contributed by atoms with Crippen LogP contribution in [0, 0.1) is 6.92 Å². The fourth-order valence-electron chi connectivity index (χ4n) is 2.55. The molecule has 26 heavy (non-hydrogen) atoms. The lowest BCUT2D eigenvalue weighted by molar-refractivity contribution is 0.277. The Morgan fingerprint density at radius 2 is 2.00 bits per heavy atom. The molecule has 2 N–H and O–H groups in total. The summed E-state index contributed by atoms with van der Waals surface area (Å²) in [7, 11) is 0. The molecule has 136 valence electrons. The number of fused-ring (bicyclic) bond motifs is 1. The lowest BCUT2D eigenvalue weighted by Gasteiger charge is -2.11. The van der Waals surface area contributed by atoms with Gasteiger partial charge in [-0.15, -0.1) is 0 Å². The zero-order valence-corrected chi connectivity index (χ0v) is 15.4. The predicted molar refractivity (Wildman–Crippen MR) is 105 cm³/mol. The average molecular weight is 352 g/mol. The van der Waals surface area contributed by atoms with Gasteiger partial charge in [0.1, 0.15) is 0 Å². The van der Waals surface area contributed by atoms with E-state index in [0.717, 1.165) is 34.5 Å². The number of H-pyrrole nitrogens is 1. The first kappa shape index (κ1) is 17.8. The summed E-state index contributed by atoms with van der Waals surface area (Å²) in [6.45, 7) is 7.33. The van der Waals surface area contributed by atoms with E-state index in [4.69, 9.17) is 9.47 Å². The van der Waals surface area contributed by atoms with Gasteiger partial charge in [-0.2, -0.15) is 5.10 Å². The Morgan fingerprint density at radius 3 is 2.81 bits per heavy atom. The summed E-state index contributed by atoms with van der Waals surface area (Å²) in [5, 5.41) is 4.26. The van der Waals surface area contributed by atoms with Crippen LogP contribution >= 0.6 is 0 Å². The van der Waals surface area contributed by atoms with Gasteiger partial charge >= 0.3 is 0 Å². The molecule has 6 heteroatoms. The summed E-state index contributed by atoms with van der Waals surface area (Å²) in [6, 6.07) is 11.8. The molecule has 0 unspecified atom stereocenters. The Balaban J connectivity index is 1.71. The SMILES string of the molecule is CCCOc1ccc(/C=N\Nc2nc3ccc(C)cc3[nH]2)cc1OCC. The van der Waals surface area contributed by atoms with E-state index in [0.29, 0.717) is 19.2 Å². The molecule has 3 aromatic rings. The highest BCUT2D eigenvalue weighted by Crippen LogP contribution is 2.28. The number of aryl methyl sites for hydroxylation is 1. The third-order valence-corrected chi connectivity index (χ3v) is 3.75. The molecular weight excluding hydrogens is 328 g/mol. The summed E-state index contributed by atoms with van der Waals surface area (Å²) in [4.78, 5) is 7.66. The van der Waals surface area contributed by atoms with E-state index < -0.39 is 0 Å². The number of aromatic amines is 1. The number of benzene rings is 2. The molecule has 0 atom stereocenters. The lowest BCUT2D eigenvalue weighted by Crippen LogP contribution is -2.01. The smallest absolute Gasteiger partial charge is 0.222 e. The van der Waals surface area contributed by atoms with Crippen LogP contribution in [0.5, 0.6) is 11.5 Å². The molecule has 1 heterocycles. The van der Waals surface area contributed by atoms with Gasteiger partial charge in [0.2, 0.25) is 5.95 Å². The van der Waals surface area contributed by atoms with E-state index in [2.05, 4.69) is 40.4 Å². The highest BCUT2D eigenvalue weighted by molar-refractivity contribution is 5.82. The van der Waals surface area contributed by atoms with E-state index in [-0.39, 0.29) is 0 Å². The number of aromatic nitrogens is 2. The number of nitrogens with one attached hydrogen (secondary N) is 2. The second-order valence-electron chi connectivity index (χ2n) is 5.96. The molecule has 0 aliphatic heterocycles. The van der Waals surface area contributed by atoms with Crippen molar-refractivity contribution in [3.63, 3.8) is 0 Å². The van der Waals surface area contributed by atoms with E-state index in [1.165, 1.54) is 5.56 Å². The van der Waals surface area contributed by atoms with Gasteiger partial charge in [0.15, 0.2) is 11.5 Å².